The van der Waals surface area contributed by atoms with Gasteiger partial charge < -0.3 is 30.5 Å². The first kappa shape index (κ1) is 30.6. The molecule has 0 spiro atoms. The van der Waals surface area contributed by atoms with E-state index in [-0.39, 0.29) is 23.7 Å². The highest BCUT2D eigenvalue weighted by molar-refractivity contribution is 6.00. The lowest BCUT2D eigenvalue weighted by Crippen LogP contribution is -2.61. The zero-order chi connectivity index (χ0) is 29.6. The molecular weight excluding hydrogens is 514 g/mol. The van der Waals surface area contributed by atoms with E-state index in [9.17, 15) is 29.4 Å². The van der Waals surface area contributed by atoms with Crippen LogP contribution < -0.4 is 10.6 Å². The Hall–Kier alpha value is -3.92. The number of hydrogen-bond acceptors (Lipinski definition) is 7. The SMILES string of the molecule is CCC(C)C1C(=O)O[C@H](C)[C@H](NC(=O)c2ccccc2O)C(=O)N[C@@H](Cc2ccccc2)[C@@H](O)[C@@H](C)C(=O)N1C. The molecule has 1 aliphatic rings. The molecule has 1 fully saturated rings. The number of carbonyl (C=O) groups excluding carboxylic acids is 4. The monoisotopic (exact) mass is 553 g/mol. The number of para-hydroxylation sites is 1. The van der Waals surface area contributed by atoms with Crippen molar-refractivity contribution in [3.05, 3.63) is 65.7 Å². The largest absolute Gasteiger partial charge is 0.507 e. The molecule has 4 N–H and O–H groups in total. The average molecular weight is 554 g/mol. The Morgan fingerprint density at radius 2 is 1.70 bits per heavy atom. The smallest absolute Gasteiger partial charge is 0.329 e. The summed E-state index contributed by atoms with van der Waals surface area (Å²) in [6, 6.07) is 11.8. The van der Waals surface area contributed by atoms with Crippen LogP contribution in [0.2, 0.25) is 0 Å². The molecular formula is C30H39N3O7. The minimum atomic E-state index is -1.37. The highest BCUT2D eigenvalue weighted by atomic mass is 16.5. The number of phenols is 1. The van der Waals surface area contributed by atoms with Gasteiger partial charge in [-0.25, -0.2) is 4.79 Å². The van der Waals surface area contributed by atoms with Gasteiger partial charge in [-0.1, -0.05) is 69.7 Å². The number of aliphatic hydroxyl groups excluding tert-OH is 1. The molecule has 0 saturated carbocycles. The number of rotatable bonds is 6. The highest BCUT2D eigenvalue weighted by Gasteiger charge is 2.42. The number of cyclic esters (lactones) is 1. The maximum atomic E-state index is 13.7. The molecule has 1 heterocycles. The van der Waals surface area contributed by atoms with E-state index in [1.165, 1.54) is 31.0 Å². The summed E-state index contributed by atoms with van der Waals surface area (Å²) in [4.78, 5) is 54.9. The van der Waals surface area contributed by atoms with Crippen molar-refractivity contribution >= 4 is 23.7 Å². The maximum Gasteiger partial charge on any atom is 0.329 e. The van der Waals surface area contributed by atoms with Gasteiger partial charge in [0.1, 0.15) is 23.9 Å². The summed E-state index contributed by atoms with van der Waals surface area (Å²) in [5, 5.41) is 26.9. The first-order valence-electron chi connectivity index (χ1n) is 13.5. The molecule has 10 heteroatoms. The first-order chi connectivity index (χ1) is 19.0. The van der Waals surface area contributed by atoms with E-state index < -0.39 is 59.9 Å². The Morgan fingerprint density at radius 1 is 1.07 bits per heavy atom. The number of aromatic hydroxyl groups is 1. The van der Waals surface area contributed by atoms with Gasteiger partial charge in [0.25, 0.3) is 5.91 Å². The van der Waals surface area contributed by atoms with Gasteiger partial charge in [0, 0.05) is 7.05 Å². The lowest BCUT2D eigenvalue weighted by molar-refractivity contribution is -0.165. The number of esters is 1. The van der Waals surface area contributed by atoms with Crippen molar-refractivity contribution in [1.82, 2.24) is 15.5 Å². The maximum absolute atomic E-state index is 13.7. The van der Waals surface area contributed by atoms with Crippen molar-refractivity contribution in [2.24, 2.45) is 11.8 Å². The van der Waals surface area contributed by atoms with Gasteiger partial charge in [0.15, 0.2) is 0 Å². The minimum absolute atomic E-state index is 0.0581. The van der Waals surface area contributed by atoms with Crippen LogP contribution in [0.25, 0.3) is 0 Å². The van der Waals surface area contributed by atoms with Crippen molar-refractivity contribution in [3.8, 4) is 5.75 Å². The van der Waals surface area contributed by atoms with Crippen molar-refractivity contribution < 1.29 is 34.1 Å². The predicted octanol–water partition coefficient (Wildman–Crippen LogP) is 2.03. The molecule has 2 unspecified atom stereocenters. The van der Waals surface area contributed by atoms with Crippen LogP contribution in [-0.4, -0.2) is 76.2 Å². The molecule has 216 valence electrons. The van der Waals surface area contributed by atoms with Crippen molar-refractivity contribution in [3.63, 3.8) is 0 Å². The number of amides is 3. The molecule has 40 heavy (non-hydrogen) atoms. The number of nitrogens with zero attached hydrogens (tertiary/aromatic N) is 1. The summed E-state index contributed by atoms with van der Waals surface area (Å²) in [7, 11) is 1.50. The van der Waals surface area contributed by atoms with E-state index in [0.717, 1.165) is 5.56 Å². The van der Waals surface area contributed by atoms with E-state index in [1.54, 1.807) is 19.1 Å². The fraction of sp³-hybridized carbons (Fsp3) is 0.467. The molecule has 2 aromatic carbocycles. The number of phenolic OH excluding ortho intramolecular Hbond substituents is 1. The lowest BCUT2D eigenvalue weighted by Gasteiger charge is -2.38. The van der Waals surface area contributed by atoms with Gasteiger partial charge in [0.05, 0.1) is 23.6 Å². The second-order valence-electron chi connectivity index (χ2n) is 10.5. The topological polar surface area (TPSA) is 145 Å². The summed E-state index contributed by atoms with van der Waals surface area (Å²) in [6.45, 7) is 6.72. The quantitative estimate of drug-likeness (QED) is 0.401. The number of benzene rings is 2. The highest BCUT2D eigenvalue weighted by Crippen LogP contribution is 2.23. The van der Waals surface area contributed by atoms with E-state index in [4.69, 9.17) is 4.74 Å². The predicted molar refractivity (Wildman–Crippen MR) is 148 cm³/mol. The number of hydrogen-bond donors (Lipinski definition) is 4. The van der Waals surface area contributed by atoms with Crippen LogP contribution in [-0.2, 0) is 25.5 Å². The van der Waals surface area contributed by atoms with Crippen LogP contribution in [0, 0.1) is 11.8 Å². The minimum Gasteiger partial charge on any atom is -0.507 e. The Bertz CT molecular complexity index is 1200. The molecule has 7 atom stereocenters. The van der Waals surface area contributed by atoms with Gasteiger partial charge in [-0.2, -0.15) is 0 Å². The van der Waals surface area contributed by atoms with Gasteiger partial charge in [-0.15, -0.1) is 0 Å². The van der Waals surface area contributed by atoms with Crippen LogP contribution in [0.1, 0.15) is 50.0 Å². The van der Waals surface area contributed by atoms with Crippen molar-refractivity contribution in [2.75, 3.05) is 7.05 Å². The van der Waals surface area contributed by atoms with E-state index in [2.05, 4.69) is 10.6 Å². The molecule has 0 bridgehead atoms. The van der Waals surface area contributed by atoms with E-state index in [1.807, 2.05) is 44.2 Å². The van der Waals surface area contributed by atoms with Crippen LogP contribution in [0.5, 0.6) is 5.75 Å². The van der Waals surface area contributed by atoms with E-state index >= 15 is 0 Å². The lowest BCUT2D eigenvalue weighted by atomic mass is 9.90. The Kier molecular flexibility index (Phi) is 10.3. The third-order valence-corrected chi connectivity index (χ3v) is 7.62. The van der Waals surface area contributed by atoms with Crippen LogP contribution >= 0.6 is 0 Å². The van der Waals surface area contributed by atoms with Crippen molar-refractivity contribution in [2.45, 2.75) is 70.9 Å². The van der Waals surface area contributed by atoms with Crippen LogP contribution in [0.15, 0.2) is 54.6 Å². The molecule has 0 aromatic heterocycles. The number of aliphatic hydroxyl groups is 1. The molecule has 1 saturated heterocycles. The number of nitrogens with one attached hydrogen (secondary N) is 2. The fourth-order valence-electron chi connectivity index (χ4n) is 4.95. The normalized spacial score (nSPS) is 27.1. The third-order valence-electron chi connectivity index (χ3n) is 7.62. The molecule has 0 radical (unpaired) electrons. The Balaban J connectivity index is 2.04. The standard InChI is InChI=1S/C30H39N3O7/c1-6-17(2)25-30(39)40-19(4)24(32-27(36)21-14-10-11-15-23(21)34)28(37)31-22(16-20-12-8-7-9-13-20)26(35)18(3)29(38)33(25)5/h7-15,17-19,22,24-26,34-35H,6,16H2,1-5H3,(H,31,37)(H,32,36)/t17?,18-,19-,22+,24+,25?,26+/m1/s1. The molecule has 2 aromatic rings. The van der Waals surface area contributed by atoms with Crippen LogP contribution in [0.4, 0.5) is 0 Å². The average Bonchev–Trinajstić information content (AvgIpc) is 2.94. The van der Waals surface area contributed by atoms with Gasteiger partial charge >= 0.3 is 5.97 Å². The Morgan fingerprint density at radius 3 is 2.33 bits per heavy atom. The summed E-state index contributed by atoms with van der Waals surface area (Å²) in [5.41, 5.74) is 0.760. The van der Waals surface area contributed by atoms with Gasteiger partial charge in [-0.05, 0) is 37.0 Å². The first-order valence-corrected chi connectivity index (χ1v) is 13.5. The van der Waals surface area contributed by atoms with Gasteiger partial charge in [0.2, 0.25) is 11.8 Å². The molecule has 3 rings (SSSR count). The number of carbonyl (C=O) groups is 4. The second kappa shape index (κ2) is 13.4. The summed E-state index contributed by atoms with van der Waals surface area (Å²) < 4.78 is 5.71. The zero-order valence-electron chi connectivity index (χ0n) is 23.5. The zero-order valence-corrected chi connectivity index (χ0v) is 23.5. The van der Waals surface area contributed by atoms with Crippen LogP contribution in [0.3, 0.4) is 0 Å². The third kappa shape index (κ3) is 6.98. The summed E-state index contributed by atoms with van der Waals surface area (Å²) in [5.74, 6) is -4.17. The molecule has 1 aliphatic heterocycles. The second-order valence-corrected chi connectivity index (χ2v) is 10.5. The number of likely N-dealkylation sites (N-methyl/N-ethyl adjacent to an activating group) is 1. The van der Waals surface area contributed by atoms with E-state index in [0.29, 0.717) is 6.42 Å². The van der Waals surface area contributed by atoms with Gasteiger partial charge in [-0.3, -0.25) is 14.4 Å². The summed E-state index contributed by atoms with van der Waals surface area (Å²) in [6.07, 6.45) is -1.69. The van der Waals surface area contributed by atoms with Crippen molar-refractivity contribution in [1.29, 1.82) is 0 Å². The fourth-order valence-corrected chi connectivity index (χ4v) is 4.95. The molecule has 0 aliphatic carbocycles. The number of ether oxygens (including phenoxy) is 1. The summed E-state index contributed by atoms with van der Waals surface area (Å²) >= 11 is 0. The Labute approximate surface area is 234 Å². The molecule has 10 nitrogen and oxygen atoms in total. The molecule has 3 amide bonds.